The zero-order chi connectivity index (χ0) is 14.9. The van der Waals surface area contributed by atoms with Gasteiger partial charge in [0.2, 0.25) is 0 Å². The van der Waals surface area contributed by atoms with Crippen molar-refractivity contribution in [1.82, 2.24) is 9.78 Å². The van der Waals surface area contributed by atoms with Gasteiger partial charge in [0.25, 0.3) is 0 Å². The number of aryl methyl sites for hydroxylation is 2. The van der Waals surface area contributed by atoms with Gasteiger partial charge in [-0.15, -0.1) is 0 Å². The molecule has 0 aliphatic rings. The average molecular weight is 465 g/mol. The van der Waals surface area contributed by atoms with Gasteiger partial charge in [0.15, 0.2) is 5.78 Å². The lowest BCUT2D eigenvalue weighted by molar-refractivity contribution is 0.0990. The number of hydrogen-bond donors (Lipinski definition) is 0. The van der Waals surface area contributed by atoms with Crippen molar-refractivity contribution in [1.29, 1.82) is 0 Å². The van der Waals surface area contributed by atoms with Crippen LogP contribution in [0.5, 0.6) is 0 Å². The first-order valence-electron chi connectivity index (χ1n) is 6.12. The number of rotatable bonds is 4. The van der Waals surface area contributed by atoms with E-state index in [1.807, 2.05) is 32.2 Å². The molecule has 3 nitrogen and oxygen atoms in total. The molecule has 2 aromatic rings. The van der Waals surface area contributed by atoms with Gasteiger partial charge in [0, 0.05) is 21.6 Å². The van der Waals surface area contributed by atoms with Gasteiger partial charge in [0.05, 0.1) is 22.3 Å². The Kier molecular flexibility index (Phi) is 5.20. The second kappa shape index (κ2) is 6.54. The largest absolute Gasteiger partial charge is 0.294 e. The second-order valence-electron chi connectivity index (χ2n) is 4.41. The second-order valence-corrected chi connectivity index (χ2v) is 6.97. The molecule has 2 rings (SSSR count). The van der Waals surface area contributed by atoms with E-state index in [9.17, 15) is 4.79 Å². The van der Waals surface area contributed by atoms with Crippen LogP contribution in [0.3, 0.4) is 0 Å². The first kappa shape index (κ1) is 15.9. The van der Waals surface area contributed by atoms with Crippen LogP contribution >= 0.6 is 47.8 Å². The molecule has 0 radical (unpaired) electrons. The molecule has 6 heteroatoms. The van der Waals surface area contributed by atoms with Gasteiger partial charge in [-0.05, 0) is 40.5 Å². The molecule has 1 aromatic heterocycles. The number of ketones is 1. The molecule has 0 saturated heterocycles. The maximum absolute atomic E-state index is 12.4. The summed E-state index contributed by atoms with van der Waals surface area (Å²) < 4.78 is 4.44. The molecule has 0 aliphatic heterocycles. The summed E-state index contributed by atoms with van der Waals surface area (Å²) in [6.45, 7) is 2.05. The monoisotopic (exact) mass is 462 g/mol. The number of carbonyl (C=O) groups excluding carboxylic acids is 1. The van der Waals surface area contributed by atoms with Crippen LogP contribution in [-0.2, 0) is 19.9 Å². The summed E-state index contributed by atoms with van der Waals surface area (Å²) in [5, 5.41) is 4.41. The minimum Gasteiger partial charge on any atom is -0.294 e. The Balaban J connectivity index is 2.30. The maximum Gasteiger partial charge on any atom is 0.169 e. The van der Waals surface area contributed by atoms with Crippen molar-refractivity contribution >= 4 is 53.6 Å². The molecule has 20 heavy (non-hydrogen) atoms. The highest BCUT2D eigenvalue weighted by molar-refractivity contribution is 9.11. The van der Waals surface area contributed by atoms with Crippen LogP contribution in [0.15, 0.2) is 31.6 Å². The summed E-state index contributed by atoms with van der Waals surface area (Å²) in [5.74, 6) is 0.0655. The van der Waals surface area contributed by atoms with E-state index in [-0.39, 0.29) is 5.78 Å². The van der Waals surface area contributed by atoms with E-state index in [4.69, 9.17) is 0 Å². The van der Waals surface area contributed by atoms with Crippen molar-refractivity contribution in [2.45, 2.75) is 19.8 Å². The molecule has 0 fully saturated rings. The minimum absolute atomic E-state index is 0.0655. The standard InChI is InChI=1S/C14H13Br3N2O/c1-3-11-14(17)12(19(2)18-11)7-13(20)9-5-4-8(15)6-10(9)16/h4-6H,3,7H2,1-2H3. The molecule has 0 aliphatic carbocycles. The Morgan fingerprint density at radius 2 is 2.00 bits per heavy atom. The van der Waals surface area contributed by atoms with Crippen LogP contribution < -0.4 is 0 Å². The normalized spacial score (nSPS) is 10.8. The zero-order valence-corrected chi connectivity index (χ0v) is 15.8. The molecule has 0 bridgehead atoms. The number of Topliss-reactive ketones (excluding diaryl/α,β-unsaturated/α-hetero) is 1. The van der Waals surface area contributed by atoms with Gasteiger partial charge in [-0.3, -0.25) is 9.48 Å². The predicted molar refractivity (Wildman–Crippen MR) is 90.2 cm³/mol. The summed E-state index contributed by atoms with van der Waals surface area (Å²) in [5.41, 5.74) is 2.56. The fourth-order valence-electron chi connectivity index (χ4n) is 1.97. The van der Waals surface area contributed by atoms with E-state index in [0.717, 1.165) is 31.2 Å². The first-order valence-corrected chi connectivity index (χ1v) is 8.50. The van der Waals surface area contributed by atoms with E-state index in [2.05, 4.69) is 52.9 Å². The summed E-state index contributed by atoms with van der Waals surface area (Å²) in [4.78, 5) is 12.4. The van der Waals surface area contributed by atoms with Gasteiger partial charge >= 0.3 is 0 Å². The number of carbonyl (C=O) groups is 1. The summed E-state index contributed by atoms with van der Waals surface area (Å²) in [7, 11) is 1.86. The number of halogens is 3. The lowest BCUT2D eigenvalue weighted by atomic mass is 10.1. The minimum atomic E-state index is 0.0655. The number of nitrogens with zero attached hydrogens (tertiary/aromatic N) is 2. The van der Waals surface area contributed by atoms with E-state index in [1.54, 1.807) is 4.68 Å². The highest BCUT2D eigenvalue weighted by atomic mass is 79.9. The Bertz CT molecular complexity index is 665. The highest BCUT2D eigenvalue weighted by Crippen LogP contribution is 2.26. The van der Waals surface area contributed by atoms with Crippen LogP contribution in [-0.4, -0.2) is 15.6 Å². The van der Waals surface area contributed by atoms with Crippen LogP contribution in [0.25, 0.3) is 0 Å². The van der Waals surface area contributed by atoms with Crippen LogP contribution in [0.1, 0.15) is 28.7 Å². The number of benzene rings is 1. The highest BCUT2D eigenvalue weighted by Gasteiger charge is 2.18. The Morgan fingerprint density at radius 3 is 2.55 bits per heavy atom. The Morgan fingerprint density at radius 1 is 1.30 bits per heavy atom. The fourth-order valence-corrected chi connectivity index (χ4v) is 4.00. The third-order valence-corrected chi connectivity index (χ3v) is 5.13. The van der Waals surface area contributed by atoms with Gasteiger partial charge in [-0.25, -0.2) is 0 Å². The van der Waals surface area contributed by atoms with Crippen molar-refractivity contribution in [3.8, 4) is 0 Å². The van der Waals surface area contributed by atoms with E-state index in [0.29, 0.717) is 12.0 Å². The molecule has 0 N–H and O–H groups in total. The topological polar surface area (TPSA) is 34.9 Å². The number of hydrogen-bond acceptors (Lipinski definition) is 2. The van der Waals surface area contributed by atoms with Crippen LogP contribution in [0.4, 0.5) is 0 Å². The van der Waals surface area contributed by atoms with E-state index in [1.165, 1.54) is 0 Å². The van der Waals surface area contributed by atoms with Crippen molar-refractivity contribution in [2.24, 2.45) is 7.05 Å². The summed E-state index contributed by atoms with van der Waals surface area (Å²) >= 11 is 10.4. The predicted octanol–water partition coefficient (Wildman–Crippen LogP) is 4.70. The van der Waals surface area contributed by atoms with Crippen molar-refractivity contribution in [2.75, 3.05) is 0 Å². The molecule has 1 aromatic carbocycles. The number of aromatic nitrogens is 2. The summed E-state index contributed by atoms with van der Waals surface area (Å²) in [6, 6.07) is 5.57. The molecule has 0 amide bonds. The molecule has 0 unspecified atom stereocenters. The van der Waals surface area contributed by atoms with Crippen molar-refractivity contribution in [3.63, 3.8) is 0 Å². The lowest BCUT2D eigenvalue weighted by Gasteiger charge is -2.05. The first-order chi connectivity index (χ1) is 9.43. The summed E-state index contributed by atoms with van der Waals surface area (Å²) in [6.07, 6.45) is 1.16. The van der Waals surface area contributed by atoms with Crippen LogP contribution in [0.2, 0.25) is 0 Å². The zero-order valence-electron chi connectivity index (χ0n) is 11.1. The van der Waals surface area contributed by atoms with Crippen molar-refractivity contribution in [3.05, 3.63) is 48.6 Å². The SMILES string of the molecule is CCc1nn(C)c(CC(=O)c2ccc(Br)cc2Br)c1Br. The quantitative estimate of drug-likeness (QED) is 0.615. The fraction of sp³-hybridized carbons (Fsp3) is 0.286. The molecule has 1 heterocycles. The molecule has 106 valence electrons. The van der Waals surface area contributed by atoms with Crippen LogP contribution in [0, 0.1) is 0 Å². The third kappa shape index (κ3) is 3.23. The Hall–Kier alpha value is -0.460. The van der Waals surface area contributed by atoms with Gasteiger partial charge in [-0.1, -0.05) is 38.8 Å². The smallest absolute Gasteiger partial charge is 0.169 e. The lowest BCUT2D eigenvalue weighted by Crippen LogP contribution is -2.09. The molecule has 0 spiro atoms. The average Bonchev–Trinajstić information content (AvgIpc) is 2.66. The van der Waals surface area contributed by atoms with E-state index >= 15 is 0 Å². The maximum atomic E-state index is 12.4. The van der Waals surface area contributed by atoms with E-state index < -0.39 is 0 Å². The van der Waals surface area contributed by atoms with Crippen molar-refractivity contribution < 1.29 is 4.79 Å². The Labute approximate surface area is 143 Å². The third-order valence-electron chi connectivity index (χ3n) is 3.06. The molecular formula is C14H13Br3N2O. The van der Waals surface area contributed by atoms with Gasteiger partial charge < -0.3 is 0 Å². The van der Waals surface area contributed by atoms with Gasteiger partial charge in [-0.2, -0.15) is 5.10 Å². The molecule has 0 atom stereocenters. The molecule has 0 saturated carbocycles. The molecular weight excluding hydrogens is 452 g/mol. The van der Waals surface area contributed by atoms with Gasteiger partial charge in [0.1, 0.15) is 0 Å².